The molecule has 1 aliphatic heterocycles. The van der Waals surface area contributed by atoms with Crippen LogP contribution in [0.1, 0.15) is 12.0 Å². The van der Waals surface area contributed by atoms with E-state index >= 15 is 0 Å². The lowest BCUT2D eigenvalue weighted by atomic mass is 10.3. The van der Waals surface area contributed by atoms with Crippen LogP contribution in [-0.4, -0.2) is 22.7 Å². The second-order valence-corrected chi connectivity index (χ2v) is 7.17. The third-order valence-corrected chi connectivity index (χ3v) is 5.93. The van der Waals surface area contributed by atoms with E-state index in [0.29, 0.717) is 12.1 Å². The normalized spacial score (nSPS) is 18.8. The molecule has 0 N–H and O–H groups in total. The average Bonchev–Trinajstić information content (AvgIpc) is 3.12. The fraction of sp³-hybridized carbons (Fsp3) is 0.250. The number of rotatable bonds is 3. The predicted octanol–water partition coefficient (Wildman–Crippen LogP) is 2.97. The molecule has 0 aliphatic carbocycles. The van der Waals surface area contributed by atoms with Gasteiger partial charge in [0.15, 0.2) is 4.34 Å². The molecule has 3 rings (SSSR count). The van der Waals surface area contributed by atoms with Gasteiger partial charge in [-0.2, -0.15) is 5.26 Å². The van der Waals surface area contributed by atoms with E-state index in [0.717, 1.165) is 15.8 Å². The molecule has 2 aromatic heterocycles. The summed E-state index contributed by atoms with van der Waals surface area (Å²) in [5.41, 5.74) is 0.582. The molecule has 1 saturated heterocycles. The SMILES string of the molecule is N#Cc1ccsc1N1CC[C@H](Sc2nccs2)C1=O. The zero-order valence-corrected chi connectivity index (χ0v) is 12.2. The van der Waals surface area contributed by atoms with Gasteiger partial charge in [0, 0.05) is 18.1 Å². The van der Waals surface area contributed by atoms with E-state index < -0.39 is 0 Å². The summed E-state index contributed by atoms with van der Waals surface area (Å²) in [7, 11) is 0. The van der Waals surface area contributed by atoms with Crippen molar-refractivity contribution in [1.29, 1.82) is 5.26 Å². The van der Waals surface area contributed by atoms with E-state index in [1.165, 1.54) is 23.1 Å². The first-order valence-corrected chi connectivity index (χ1v) is 8.28. The van der Waals surface area contributed by atoms with Gasteiger partial charge in [-0.15, -0.1) is 22.7 Å². The van der Waals surface area contributed by atoms with Crippen LogP contribution < -0.4 is 4.90 Å². The average molecular weight is 307 g/mol. The van der Waals surface area contributed by atoms with Gasteiger partial charge in [0.2, 0.25) is 5.91 Å². The van der Waals surface area contributed by atoms with Crippen molar-refractivity contribution in [2.45, 2.75) is 16.0 Å². The zero-order chi connectivity index (χ0) is 13.2. The summed E-state index contributed by atoms with van der Waals surface area (Å²) in [5, 5.41) is 13.5. The molecule has 96 valence electrons. The van der Waals surface area contributed by atoms with Gasteiger partial charge in [-0.3, -0.25) is 4.79 Å². The standard InChI is InChI=1S/C12H9N3OS3/c13-7-8-2-5-17-11(8)15-4-1-9(10(15)16)19-12-14-3-6-18-12/h2-3,5-6,9H,1,4H2/t9-/m0/s1. The van der Waals surface area contributed by atoms with Gasteiger partial charge in [-0.25, -0.2) is 4.98 Å². The van der Waals surface area contributed by atoms with Crippen molar-refractivity contribution in [2.24, 2.45) is 0 Å². The predicted molar refractivity (Wildman–Crippen MR) is 77.8 cm³/mol. The molecule has 1 fully saturated rings. The van der Waals surface area contributed by atoms with E-state index in [-0.39, 0.29) is 11.2 Å². The van der Waals surface area contributed by atoms with Crippen LogP contribution in [-0.2, 0) is 4.79 Å². The van der Waals surface area contributed by atoms with Gasteiger partial charge in [0.25, 0.3) is 0 Å². The van der Waals surface area contributed by atoms with Crippen LogP contribution in [0.15, 0.2) is 27.4 Å². The molecule has 0 aromatic carbocycles. The number of thiophene rings is 1. The van der Waals surface area contributed by atoms with Crippen LogP contribution in [0.2, 0.25) is 0 Å². The lowest BCUT2D eigenvalue weighted by Gasteiger charge is -2.14. The highest BCUT2D eigenvalue weighted by molar-refractivity contribution is 8.02. The Morgan fingerprint density at radius 3 is 3.11 bits per heavy atom. The van der Waals surface area contributed by atoms with Crippen LogP contribution in [0.5, 0.6) is 0 Å². The highest BCUT2D eigenvalue weighted by Gasteiger charge is 2.35. The van der Waals surface area contributed by atoms with Crippen LogP contribution in [0.3, 0.4) is 0 Å². The van der Waals surface area contributed by atoms with Crippen LogP contribution >= 0.6 is 34.4 Å². The first-order chi connectivity index (χ1) is 9.29. The number of thiazole rings is 1. The third-order valence-electron chi connectivity index (χ3n) is 2.82. The Balaban J connectivity index is 1.77. The summed E-state index contributed by atoms with van der Waals surface area (Å²) in [5.74, 6) is 0.0825. The summed E-state index contributed by atoms with van der Waals surface area (Å²) >= 11 is 4.51. The van der Waals surface area contributed by atoms with Gasteiger partial charge < -0.3 is 4.90 Å². The van der Waals surface area contributed by atoms with Crippen molar-refractivity contribution in [3.8, 4) is 6.07 Å². The van der Waals surface area contributed by atoms with Gasteiger partial charge in [-0.1, -0.05) is 11.8 Å². The number of carbonyl (C=O) groups is 1. The Morgan fingerprint density at radius 1 is 1.47 bits per heavy atom. The molecule has 7 heteroatoms. The molecule has 1 amide bonds. The van der Waals surface area contributed by atoms with Crippen LogP contribution in [0, 0.1) is 11.3 Å². The minimum Gasteiger partial charge on any atom is -0.302 e. The van der Waals surface area contributed by atoms with Crippen molar-refractivity contribution in [3.05, 3.63) is 28.6 Å². The molecule has 19 heavy (non-hydrogen) atoms. The number of thioether (sulfide) groups is 1. The van der Waals surface area contributed by atoms with Crippen molar-refractivity contribution in [3.63, 3.8) is 0 Å². The molecular formula is C12H9N3OS3. The number of aromatic nitrogens is 1. The first kappa shape index (κ1) is 12.7. The number of amides is 1. The van der Waals surface area contributed by atoms with Crippen LogP contribution in [0.4, 0.5) is 5.00 Å². The van der Waals surface area contributed by atoms with Crippen molar-refractivity contribution in [1.82, 2.24) is 4.98 Å². The topological polar surface area (TPSA) is 57.0 Å². The molecule has 3 heterocycles. The molecule has 4 nitrogen and oxygen atoms in total. The fourth-order valence-electron chi connectivity index (χ4n) is 1.95. The number of nitrogens with zero attached hydrogens (tertiary/aromatic N) is 3. The molecule has 0 saturated carbocycles. The highest BCUT2D eigenvalue weighted by Crippen LogP contribution is 2.36. The first-order valence-electron chi connectivity index (χ1n) is 5.64. The second-order valence-electron chi connectivity index (χ2n) is 3.93. The lowest BCUT2D eigenvalue weighted by Crippen LogP contribution is -2.27. The zero-order valence-electron chi connectivity index (χ0n) is 9.78. The maximum Gasteiger partial charge on any atom is 0.241 e. The van der Waals surface area contributed by atoms with E-state index in [4.69, 9.17) is 5.26 Å². The summed E-state index contributed by atoms with van der Waals surface area (Å²) in [6.45, 7) is 0.678. The van der Waals surface area contributed by atoms with Crippen molar-refractivity contribution in [2.75, 3.05) is 11.4 Å². The highest BCUT2D eigenvalue weighted by atomic mass is 32.2. The van der Waals surface area contributed by atoms with Crippen LogP contribution in [0.25, 0.3) is 0 Å². The Hall–Kier alpha value is -1.36. The fourth-order valence-corrected chi connectivity index (χ4v) is 4.75. The Bertz CT molecular complexity index is 629. The summed E-state index contributed by atoms with van der Waals surface area (Å²) in [6.07, 6.45) is 2.54. The van der Waals surface area contributed by atoms with Gasteiger partial charge >= 0.3 is 0 Å². The molecular weight excluding hydrogens is 298 g/mol. The maximum absolute atomic E-state index is 12.4. The molecule has 2 aromatic rings. The number of hydrogen-bond acceptors (Lipinski definition) is 6. The third kappa shape index (κ3) is 2.39. The number of hydrogen-bond donors (Lipinski definition) is 0. The minimum atomic E-state index is -0.0835. The van der Waals surface area contributed by atoms with Gasteiger partial charge in [-0.05, 0) is 17.9 Å². The van der Waals surface area contributed by atoms with E-state index in [9.17, 15) is 4.79 Å². The second kappa shape index (κ2) is 5.33. The number of anilines is 1. The lowest BCUT2D eigenvalue weighted by molar-refractivity contribution is -0.116. The molecule has 0 bridgehead atoms. The Kier molecular flexibility index (Phi) is 3.55. The smallest absolute Gasteiger partial charge is 0.241 e. The quantitative estimate of drug-likeness (QED) is 0.874. The Morgan fingerprint density at radius 2 is 2.37 bits per heavy atom. The summed E-state index contributed by atoms with van der Waals surface area (Å²) < 4.78 is 0.923. The van der Waals surface area contributed by atoms with E-state index in [1.54, 1.807) is 28.5 Å². The summed E-state index contributed by atoms with van der Waals surface area (Å²) in [6, 6.07) is 3.89. The van der Waals surface area contributed by atoms with Gasteiger partial charge in [0.05, 0.1) is 10.8 Å². The minimum absolute atomic E-state index is 0.0825. The maximum atomic E-state index is 12.4. The van der Waals surface area contributed by atoms with E-state index in [2.05, 4.69) is 11.1 Å². The largest absolute Gasteiger partial charge is 0.302 e. The van der Waals surface area contributed by atoms with E-state index in [1.807, 2.05) is 10.8 Å². The van der Waals surface area contributed by atoms with Crippen molar-refractivity contribution >= 4 is 45.3 Å². The molecule has 0 unspecified atom stereocenters. The van der Waals surface area contributed by atoms with Gasteiger partial charge in [0.1, 0.15) is 11.1 Å². The molecule has 1 atom stereocenters. The molecule has 1 aliphatic rings. The summed E-state index contributed by atoms with van der Waals surface area (Å²) in [4.78, 5) is 18.3. The molecule has 0 radical (unpaired) electrons. The monoisotopic (exact) mass is 307 g/mol. The Labute approximate surface area is 122 Å². The number of nitriles is 1. The van der Waals surface area contributed by atoms with Crippen molar-refractivity contribution < 1.29 is 4.79 Å². The molecule has 0 spiro atoms. The number of carbonyl (C=O) groups excluding carboxylic acids is 1.